The van der Waals surface area contributed by atoms with Crippen LogP contribution in [0.1, 0.15) is 23.7 Å². The second-order valence-corrected chi connectivity index (χ2v) is 6.67. The molecule has 1 saturated heterocycles. The number of hydrogen-bond donors (Lipinski definition) is 2. The summed E-state index contributed by atoms with van der Waals surface area (Å²) < 4.78 is 26.4. The SMILES string of the molecule is CC(=O)c1ccc(NC(=O)NCC2CCN(c3ccc(F)c(F)c3)C2)cc1. The molecule has 0 bridgehead atoms. The van der Waals surface area contributed by atoms with Crippen molar-refractivity contribution in [3.05, 3.63) is 59.7 Å². The zero-order valence-corrected chi connectivity index (χ0v) is 15.0. The number of rotatable bonds is 5. The average Bonchev–Trinajstić information content (AvgIpc) is 3.12. The number of urea groups is 1. The van der Waals surface area contributed by atoms with Gasteiger partial charge < -0.3 is 15.5 Å². The summed E-state index contributed by atoms with van der Waals surface area (Å²) in [5, 5.41) is 5.55. The van der Waals surface area contributed by atoms with E-state index in [0.717, 1.165) is 19.0 Å². The Hall–Kier alpha value is -2.96. The number of carbonyl (C=O) groups is 2. The van der Waals surface area contributed by atoms with Gasteiger partial charge in [0.25, 0.3) is 0 Å². The minimum atomic E-state index is -0.857. The van der Waals surface area contributed by atoms with E-state index < -0.39 is 11.6 Å². The van der Waals surface area contributed by atoms with E-state index >= 15 is 0 Å². The molecule has 27 heavy (non-hydrogen) atoms. The maximum absolute atomic E-state index is 13.4. The van der Waals surface area contributed by atoms with Crippen molar-refractivity contribution in [1.29, 1.82) is 0 Å². The molecule has 2 amide bonds. The number of carbonyl (C=O) groups excluding carboxylic acids is 2. The van der Waals surface area contributed by atoms with Crippen molar-refractivity contribution in [3.63, 3.8) is 0 Å². The van der Waals surface area contributed by atoms with Crippen LogP contribution in [0.4, 0.5) is 25.0 Å². The Labute approximate surface area is 156 Å². The van der Waals surface area contributed by atoms with Crippen LogP contribution in [-0.4, -0.2) is 31.4 Å². The van der Waals surface area contributed by atoms with Gasteiger partial charge in [0.05, 0.1) is 0 Å². The van der Waals surface area contributed by atoms with Crippen molar-refractivity contribution >= 4 is 23.2 Å². The first-order chi connectivity index (χ1) is 12.9. The predicted molar refractivity (Wildman–Crippen MR) is 100 cm³/mol. The lowest BCUT2D eigenvalue weighted by atomic mass is 10.1. The zero-order chi connectivity index (χ0) is 19.4. The second kappa shape index (κ2) is 8.16. The van der Waals surface area contributed by atoms with E-state index in [1.54, 1.807) is 30.3 Å². The van der Waals surface area contributed by atoms with Crippen LogP contribution in [0.5, 0.6) is 0 Å². The van der Waals surface area contributed by atoms with Gasteiger partial charge in [-0.2, -0.15) is 0 Å². The van der Waals surface area contributed by atoms with E-state index in [9.17, 15) is 18.4 Å². The van der Waals surface area contributed by atoms with Crippen molar-refractivity contribution in [3.8, 4) is 0 Å². The molecule has 3 rings (SSSR count). The van der Waals surface area contributed by atoms with Crippen molar-refractivity contribution < 1.29 is 18.4 Å². The summed E-state index contributed by atoms with van der Waals surface area (Å²) >= 11 is 0. The molecule has 2 N–H and O–H groups in total. The smallest absolute Gasteiger partial charge is 0.319 e. The molecule has 1 heterocycles. The Morgan fingerprint density at radius 2 is 1.85 bits per heavy atom. The van der Waals surface area contributed by atoms with Crippen LogP contribution in [0.2, 0.25) is 0 Å². The number of nitrogens with zero attached hydrogens (tertiary/aromatic N) is 1. The molecule has 1 unspecified atom stereocenters. The fourth-order valence-corrected chi connectivity index (χ4v) is 3.12. The molecule has 1 aliphatic rings. The fraction of sp³-hybridized carbons (Fsp3) is 0.300. The van der Waals surface area contributed by atoms with Crippen molar-refractivity contribution in [2.75, 3.05) is 29.9 Å². The first kappa shape index (κ1) is 18.8. The fourth-order valence-electron chi connectivity index (χ4n) is 3.12. The molecule has 0 aromatic heterocycles. The van der Waals surface area contributed by atoms with Gasteiger partial charge in [0.15, 0.2) is 17.4 Å². The van der Waals surface area contributed by atoms with Crippen LogP contribution in [-0.2, 0) is 0 Å². The molecule has 1 atom stereocenters. The second-order valence-electron chi connectivity index (χ2n) is 6.67. The Morgan fingerprint density at radius 3 is 2.52 bits per heavy atom. The highest BCUT2D eigenvalue weighted by atomic mass is 19.2. The highest BCUT2D eigenvalue weighted by Gasteiger charge is 2.23. The Balaban J connectivity index is 1.46. The monoisotopic (exact) mass is 373 g/mol. The van der Waals surface area contributed by atoms with Crippen molar-refractivity contribution in [2.45, 2.75) is 13.3 Å². The molecular weight excluding hydrogens is 352 g/mol. The van der Waals surface area contributed by atoms with Gasteiger partial charge in [-0.3, -0.25) is 4.79 Å². The van der Waals surface area contributed by atoms with Crippen molar-refractivity contribution in [1.82, 2.24) is 5.32 Å². The number of halogens is 2. The van der Waals surface area contributed by atoms with Gasteiger partial charge in [-0.25, -0.2) is 13.6 Å². The van der Waals surface area contributed by atoms with E-state index in [1.807, 2.05) is 4.90 Å². The number of hydrogen-bond acceptors (Lipinski definition) is 3. The minimum absolute atomic E-state index is 0.0298. The Morgan fingerprint density at radius 1 is 1.11 bits per heavy atom. The predicted octanol–water partition coefficient (Wildman–Crippen LogP) is 3.82. The van der Waals surface area contributed by atoms with Gasteiger partial charge in [0.2, 0.25) is 0 Å². The number of amides is 2. The van der Waals surface area contributed by atoms with Crippen LogP contribution in [0, 0.1) is 17.6 Å². The summed E-state index contributed by atoms with van der Waals surface area (Å²) in [6, 6.07) is 10.2. The first-order valence-corrected chi connectivity index (χ1v) is 8.78. The molecule has 142 valence electrons. The highest BCUT2D eigenvalue weighted by molar-refractivity contribution is 5.95. The van der Waals surface area contributed by atoms with Crippen LogP contribution >= 0.6 is 0 Å². The van der Waals surface area contributed by atoms with Gasteiger partial charge in [-0.1, -0.05) is 0 Å². The minimum Gasteiger partial charge on any atom is -0.371 e. The average molecular weight is 373 g/mol. The molecular formula is C20H21F2N3O2. The largest absolute Gasteiger partial charge is 0.371 e. The highest BCUT2D eigenvalue weighted by Crippen LogP contribution is 2.25. The molecule has 0 saturated carbocycles. The van der Waals surface area contributed by atoms with Gasteiger partial charge in [0, 0.05) is 42.6 Å². The summed E-state index contributed by atoms with van der Waals surface area (Å²) in [5.74, 6) is -1.52. The van der Waals surface area contributed by atoms with E-state index in [-0.39, 0.29) is 17.7 Å². The third-order valence-corrected chi connectivity index (χ3v) is 4.65. The van der Waals surface area contributed by atoms with E-state index in [1.165, 1.54) is 13.0 Å². The summed E-state index contributed by atoms with van der Waals surface area (Å²) in [6.07, 6.45) is 0.854. The quantitative estimate of drug-likeness (QED) is 0.784. The number of nitrogens with one attached hydrogen (secondary N) is 2. The number of anilines is 2. The number of ketones is 1. The molecule has 1 aliphatic heterocycles. The third-order valence-electron chi connectivity index (χ3n) is 4.65. The van der Waals surface area contributed by atoms with E-state index in [4.69, 9.17) is 0 Å². The summed E-state index contributed by atoms with van der Waals surface area (Å²) in [7, 11) is 0. The maximum atomic E-state index is 13.4. The van der Waals surface area contributed by atoms with Gasteiger partial charge in [-0.05, 0) is 55.7 Å². The van der Waals surface area contributed by atoms with Crippen LogP contribution in [0.15, 0.2) is 42.5 Å². The van der Waals surface area contributed by atoms with E-state index in [0.29, 0.717) is 30.0 Å². The summed E-state index contributed by atoms with van der Waals surface area (Å²) in [5.41, 5.74) is 1.84. The van der Waals surface area contributed by atoms with Crippen LogP contribution < -0.4 is 15.5 Å². The molecule has 0 radical (unpaired) electrons. The third kappa shape index (κ3) is 4.81. The summed E-state index contributed by atoms with van der Waals surface area (Å²) in [4.78, 5) is 25.3. The molecule has 0 spiro atoms. The Kier molecular flexibility index (Phi) is 5.69. The number of Topliss-reactive ketones (excluding diaryl/α,β-unsaturated/α-hetero) is 1. The lowest BCUT2D eigenvalue weighted by molar-refractivity contribution is 0.101. The van der Waals surface area contributed by atoms with Crippen LogP contribution in [0.3, 0.4) is 0 Å². The Bertz CT molecular complexity index is 840. The first-order valence-electron chi connectivity index (χ1n) is 8.78. The maximum Gasteiger partial charge on any atom is 0.319 e. The zero-order valence-electron chi connectivity index (χ0n) is 15.0. The topological polar surface area (TPSA) is 61.4 Å². The lowest BCUT2D eigenvalue weighted by Crippen LogP contribution is -2.34. The van der Waals surface area contributed by atoms with E-state index in [2.05, 4.69) is 10.6 Å². The standard InChI is InChI=1S/C20H21F2N3O2/c1-13(26)15-2-4-16(5-3-15)24-20(27)23-11-14-8-9-25(12-14)17-6-7-18(21)19(22)10-17/h2-7,10,14H,8-9,11-12H2,1H3,(H2,23,24,27). The van der Waals surface area contributed by atoms with Gasteiger partial charge in [0.1, 0.15) is 0 Å². The normalized spacial score (nSPS) is 16.3. The van der Waals surface area contributed by atoms with Crippen molar-refractivity contribution in [2.24, 2.45) is 5.92 Å². The molecule has 7 heteroatoms. The molecule has 5 nitrogen and oxygen atoms in total. The molecule has 0 aliphatic carbocycles. The summed E-state index contributed by atoms with van der Waals surface area (Å²) in [6.45, 7) is 3.36. The molecule has 2 aromatic rings. The van der Waals surface area contributed by atoms with Crippen LogP contribution in [0.25, 0.3) is 0 Å². The van der Waals surface area contributed by atoms with Gasteiger partial charge in [-0.15, -0.1) is 0 Å². The molecule has 1 fully saturated rings. The lowest BCUT2D eigenvalue weighted by Gasteiger charge is -2.19. The number of benzene rings is 2. The molecule has 2 aromatic carbocycles. The van der Waals surface area contributed by atoms with Gasteiger partial charge >= 0.3 is 6.03 Å².